The quantitative estimate of drug-likeness (QED) is 0.917. The van der Waals surface area contributed by atoms with Crippen molar-refractivity contribution >= 4 is 21.6 Å². The highest BCUT2D eigenvalue weighted by Crippen LogP contribution is 2.28. The minimum atomic E-state index is -3.69. The zero-order chi connectivity index (χ0) is 15.5. The third-order valence-corrected chi connectivity index (χ3v) is 6.18. The van der Waals surface area contributed by atoms with E-state index in [1.54, 1.807) is 0 Å². The van der Waals surface area contributed by atoms with E-state index in [2.05, 4.69) is 5.32 Å². The molecule has 1 aromatic rings. The zero-order valence-corrected chi connectivity index (χ0v) is 13.4. The van der Waals surface area contributed by atoms with Crippen LogP contribution in [0, 0.1) is 11.3 Å². The molecule has 7 heteroatoms. The number of piperidine rings is 1. The van der Waals surface area contributed by atoms with Crippen LogP contribution in [-0.4, -0.2) is 38.4 Å². The van der Waals surface area contributed by atoms with E-state index in [0.29, 0.717) is 12.1 Å². The van der Waals surface area contributed by atoms with E-state index in [9.17, 15) is 8.42 Å². The lowest BCUT2D eigenvalue weighted by molar-refractivity contribution is 0.271. The lowest BCUT2D eigenvalue weighted by Crippen LogP contribution is -2.46. The number of halogens is 1. The molecule has 0 aromatic heterocycles. The van der Waals surface area contributed by atoms with Gasteiger partial charge in [-0.2, -0.15) is 9.57 Å². The number of nitrogens with one attached hydrogen (secondary N) is 1. The minimum absolute atomic E-state index is 0.0172. The fourth-order valence-electron chi connectivity index (χ4n) is 2.62. The van der Waals surface area contributed by atoms with Crippen LogP contribution in [0.5, 0.6) is 0 Å². The molecule has 0 bridgehead atoms. The molecule has 2 rings (SSSR count). The summed E-state index contributed by atoms with van der Waals surface area (Å²) in [6, 6.07) is 6.25. The van der Waals surface area contributed by atoms with Crippen LogP contribution >= 0.6 is 11.6 Å². The predicted octanol–water partition coefficient (Wildman–Crippen LogP) is 1.97. The van der Waals surface area contributed by atoms with Crippen LogP contribution in [-0.2, 0) is 10.0 Å². The molecule has 5 nitrogen and oxygen atoms in total. The van der Waals surface area contributed by atoms with Crippen molar-refractivity contribution in [2.24, 2.45) is 0 Å². The van der Waals surface area contributed by atoms with Crippen molar-refractivity contribution in [2.75, 3.05) is 19.6 Å². The van der Waals surface area contributed by atoms with Crippen molar-refractivity contribution in [3.8, 4) is 6.07 Å². The molecular formula is C14H18ClN3O2S. The summed E-state index contributed by atoms with van der Waals surface area (Å²) >= 11 is 6.05. The monoisotopic (exact) mass is 327 g/mol. The maximum atomic E-state index is 12.9. The molecule has 1 saturated heterocycles. The Hall–Kier alpha value is -1.13. The highest BCUT2D eigenvalue weighted by atomic mass is 35.5. The van der Waals surface area contributed by atoms with Gasteiger partial charge in [0, 0.05) is 12.6 Å². The van der Waals surface area contributed by atoms with E-state index in [1.807, 2.05) is 13.0 Å². The fraction of sp³-hybridized carbons (Fsp3) is 0.500. The van der Waals surface area contributed by atoms with Crippen molar-refractivity contribution in [1.29, 1.82) is 5.26 Å². The molecule has 1 aliphatic rings. The molecular weight excluding hydrogens is 310 g/mol. The van der Waals surface area contributed by atoms with Gasteiger partial charge in [0.05, 0.1) is 16.7 Å². The first-order chi connectivity index (χ1) is 10.0. The summed E-state index contributed by atoms with van der Waals surface area (Å²) in [7, 11) is -3.69. The maximum absolute atomic E-state index is 12.9. The zero-order valence-electron chi connectivity index (χ0n) is 11.8. The topological polar surface area (TPSA) is 73.2 Å². The molecule has 0 aliphatic carbocycles. The molecule has 1 heterocycles. The number of nitrogens with zero attached hydrogens (tertiary/aromatic N) is 2. The Kier molecular flexibility index (Phi) is 5.22. The Morgan fingerprint density at radius 3 is 2.67 bits per heavy atom. The highest BCUT2D eigenvalue weighted by molar-refractivity contribution is 7.89. The maximum Gasteiger partial charge on any atom is 0.244 e. The fourth-order valence-corrected chi connectivity index (χ4v) is 4.81. The first-order valence-corrected chi connectivity index (χ1v) is 8.74. The number of hydrogen-bond donors (Lipinski definition) is 1. The second kappa shape index (κ2) is 6.75. The average Bonchev–Trinajstić information content (AvgIpc) is 2.49. The van der Waals surface area contributed by atoms with Crippen molar-refractivity contribution in [2.45, 2.75) is 30.7 Å². The van der Waals surface area contributed by atoms with Gasteiger partial charge in [0.1, 0.15) is 4.90 Å². The molecule has 0 saturated carbocycles. The molecule has 0 atom stereocenters. The molecule has 114 valence electrons. The predicted molar refractivity (Wildman–Crippen MR) is 81.6 cm³/mol. The van der Waals surface area contributed by atoms with Crippen LogP contribution < -0.4 is 5.32 Å². The molecule has 1 fully saturated rings. The number of hydrogen-bond acceptors (Lipinski definition) is 4. The second-order valence-electron chi connectivity index (χ2n) is 4.95. The van der Waals surface area contributed by atoms with Crippen LogP contribution in [0.2, 0.25) is 5.02 Å². The van der Waals surface area contributed by atoms with E-state index in [-0.39, 0.29) is 16.0 Å². The number of benzene rings is 1. The van der Waals surface area contributed by atoms with Crippen LogP contribution in [0.3, 0.4) is 0 Å². The first kappa shape index (κ1) is 16.2. The van der Waals surface area contributed by atoms with Crippen LogP contribution in [0.15, 0.2) is 23.1 Å². The highest BCUT2D eigenvalue weighted by Gasteiger charge is 2.32. The first-order valence-electron chi connectivity index (χ1n) is 6.93. The van der Waals surface area contributed by atoms with E-state index in [0.717, 1.165) is 25.9 Å². The Labute approximate surface area is 130 Å². The lowest BCUT2D eigenvalue weighted by Gasteiger charge is -2.33. The van der Waals surface area contributed by atoms with Gasteiger partial charge in [-0.05, 0) is 44.1 Å². The van der Waals surface area contributed by atoms with Gasteiger partial charge in [-0.3, -0.25) is 0 Å². The van der Waals surface area contributed by atoms with Gasteiger partial charge in [-0.15, -0.1) is 0 Å². The van der Waals surface area contributed by atoms with Gasteiger partial charge in [-0.1, -0.05) is 18.5 Å². The Balaban J connectivity index is 2.41. The van der Waals surface area contributed by atoms with Gasteiger partial charge >= 0.3 is 0 Å². The summed E-state index contributed by atoms with van der Waals surface area (Å²) in [5.41, 5.74) is 0.291. The summed E-state index contributed by atoms with van der Waals surface area (Å²) < 4.78 is 27.2. The van der Waals surface area contributed by atoms with Crippen molar-refractivity contribution in [1.82, 2.24) is 9.62 Å². The molecule has 21 heavy (non-hydrogen) atoms. The molecule has 0 unspecified atom stereocenters. The molecule has 1 aromatic carbocycles. The van der Waals surface area contributed by atoms with Gasteiger partial charge in [0.15, 0.2) is 0 Å². The van der Waals surface area contributed by atoms with Gasteiger partial charge in [0.25, 0.3) is 0 Å². The van der Waals surface area contributed by atoms with Crippen LogP contribution in [0.25, 0.3) is 0 Å². The standard InChI is InChI=1S/C14H18ClN3O2S/c1-2-18(12-5-7-17-8-6-12)21(19,20)14-9-11(10-16)3-4-13(14)15/h3-4,9,12,17H,2,5-8H2,1H3. The molecule has 0 radical (unpaired) electrons. The van der Waals surface area contributed by atoms with E-state index >= 15 is 0 Å². The number of sulfonamides is 1. The van der Waals surface area contributed by atoms with Gasteiger partial charge in [0.2, 0.25) is 10.0 Å². The molecule has 1 aliphatic heterocycles. The Morgan fingerprint density at radius 1 is 1.43 bits per heavy atom. The Bertz CT molecular complexity index is 649. The smallest absolute Gasteiger partial charge is 0.244 e. The lowest BCUT2D eigenvalue weighted by atomic mass is 10.1. The Morgan fingerprint density at radius 2 is 2.10 bits per heavy atom. The van der Waals surface area contributed by atoms with E-state index in [4.69, 9.17) is 16.9 Å². The number of nitriles is 1. The number of rotatable bonds is 4. The summed E-state index contributed by atoms with van der Waals surface area (Å²) in [6.45, 7) is 3.83. The van der Waals surface area contributed by atoms with Crippen molar-refractivity contribution in [3.05, 3.63) is 28.8 Å². The van der Waals surface area contributed by atoms with Crippen molar-refractivity contribution < 1.29 is 8.42 Å². The van der Waals surface area contributed by atoms with E-state index in [1.165, 1.54) is 22.5 Å². The normalized spacial score (nSPS) is 16.9. The van der Waals surface area contributed by atoms with E-state index < -0.39 is 10.0 Å². The minimum Gasteiger partial charge on any atom is -0.317 e. The average molecular weight is 328 g/mol. The summed E-state index contributed by atoms with van der Waals surface area (Å²) in [6.07, 6.45) is 1.56. The summed E-state index contributed by atoms with van der Waals surface area (Å²) in [5.74, 6) is 0. The van der Waals surface area contributed by atoms with Crippen LogP contribution in [0.4, 0.5) is 0 Å². The third-order valence-electron chi connectivity index (χ3n) is 3.67. The van der Waals surface area contributed by atoms with Crippen molar-refractivity contribution in [3.63, 3.8) is 0 Å². The molecule has 1 N–H and O–H groups in total. The molecule has 0 amide bonds. The summed E-state index contributed by atoms with van der Waals surface area (Å²) in [4.78, 5) is 0.0172. The second-order valence-corrected chi connectivity index (χ2v) is 7.21. The summed E-state index contributed by atoms with van der Waals surface area (Å²) in [5, 5.41) is 12.3. The third kappa shape index (κ3) is 3.38. The SMILES string of the molecule is CCN(C1CCNCC1)S(=O)(=O)c1cc(C#N)ccc1Cl. The molecule has 0 spiro atoms. The largest absolute Gasteiger partial charge is 0.317 e. The van der Waals surface area contributed by atoms with Gasteiger partial charge < -0.3 is 5.32 Å². The van der Waals surface area contributed by atoms with Crippen LogP contribution in [0.1, 0.15) is 25.3 Å². The van der Waals surface area contributed by atoms with Gasteiger partial charge in [-0.25, -0.2) is 8.42 Å².